The number of hydrogen-bond acceptors (Lipinski definition) is 3. The second kappa shape index (κ2) is 9.97. The number of carbonyl (C=O) groups excluding carboxylic acids is 2. The number of likely N-dealkylation sites (N-methyl/N-ethyl adjacent to an activating group) is 1. The van der Waals surface area contributed by atoms with Gasteiger partial charge in [-0.05, 0) is 26.5 Å². The summed E-state index contributed by atoms with van der Waals surface area (Å²) in [5, 5.41) is 6.12. The Hall–Kier alpha value is -2.17. The molecule has 0 bridgehead atoms. The standard InChI is InChI=1S/C20H24N2O2.ClH/c1-4-21-15(3)13-22-20(24)18-8-6-5-7-17(18)19(23)16-11-9-14(2)10-12-16;/h5-12,15,21H,4,13H2,1-3H3,(H,22,24);1H/t15-;/m1./s1. The van der Waals surface area contributed by atoms with Crippen LogP contribution in [0.5, 0.6) is 0 Å². The van der Waals surface area contributed by atoms with Crippen molar-refractivity contribution in [3.8, 4) is 0 Å². The van der Waals surface area contributed by atoms with Crippen molar-refractivity contribution in [2.24, 2.45) is 0 Å². The molecule has 0 unspecified atom stereocenters. The van der Waals surface area contributed by atoms with Crippen LogP contribution in [0.15, 0.2) is 48.5 Å². The number of amides is 1. The van der Waals surface area contributed by atoms with E-state index in [2.05, 4.69) is 10.6 Å². The van der Waals surface area contributed by atoms with Crippen LogP contribution in [0.2, 0.25) is 0 Å². The maximum atomic E-state index is 12.7. The Labute approximate surface area is 155 Å². The highest BCUT2D eigenvalue weighted by molar-refractivity contribution is 6.15. The molecule has 0 fully saturated rings. The maximum absolute atomic E-state index is 12.7. The van der Waals surface area contributed by atoms with Gasteiger partial charge in [0, 0.05) is 23.7 Å². The van der Waals surface area contributed by atoms with E-state index in [-0.39, 0.29) is 30.1 Å². The third-order valence-electron chi connectivity index (χ3n) is 3.85. The van der Waals surface area contributed by atoms with E-state index < -0.39 is 0 Å². The van der Waals surface area contributed by atoms with Gasteiger partial charge in [0.1, 0.15) is 0 Å². The fourth-order valence-corrected chi connectivity index (χ4v) is 2.50. The minimum atomic E-state index is -0.226. The monoisotopic (exact) mass is 360 g/mol. The predicted molar refractivity (Wildman–Crippen MR) is 104 cm³/mol. The summed E-state index contributed by atoms with van der Waals surface area (Å²) in [6.45, 7) is 7.36. The lowest BCUT2D eigenvalue weighted by Crippen LogP contribution is -2.39. The summed E-state index contributed by atoms with van der Waals surface area (Å²) >= 11 is 0. The van der Waals surface area contributed by atoms with Gasteiger partial charge in [-0.1, -0.05) is 55.0 Å². The molecule has 0 aliphatic carbocycles. The van der Waals surface area contributed by atoms with Crippen LogP contribution < -0.4 is 10.6 Å². The average Bonchev–Trinajstić information content (AvgIpc) is 2.60. The lowest BCUT2D eigenvalue weighted by atomic mass is 9.97. The summed E-state index contributed by atoms with van der Waals surface area (Å²) in [5.41, 5.74) is 2.51. The van der Waals surface area contributed by atoms with Gasteiger partial charge < -0.3 is 10.6 Å². The molecular formula is C20H25ClN2O2. The largest absolute Gasteiger partial charge is 0.350 e. The van der Waals surface area contributed by atoms with Crippen molar-refractivity contribution in [3.63, 3.8) is 0 Å². The van der Waals surface area contributed by atoms with Crippen LogP contribution in [-0.4, -0.2) is 30.8 Å². The topological polar surface area (TPSA) is 58.2 Å². The molecule has 0 saturated carbocycles. The number of halogens is 1. The van der Waals surface area contributed by atoms with Crippen LogP contribution in [0.1, 0.15) is 45.7 Å². The van der Waals surface area contributed by atoms with Crippen LogP contribution in [0.3, 0.4) is 0 Å². The van der Waals surface area contributed by atoms with Crippen LogP contribution in [0.4, 0.5) is 0 Å². The molecule has 0 aliphatic heterocycles. The Bertz CT molecular complexity index is 714. The molecule has 5 heteroatoms. The number of aryl methyl sites for hydroxylation is 1. The molecule has 0 aliphatic rings. The molecule has 1 amide bonds. The number of benzene rings is 2. The molecule has 134 valence electrons. The fraction of sp³-hybridized carbons (Fsp3) is 0.300. The normalized spacial score (nSPS) is 11.3. The van der Waals surface area contributed by atoms with Gasteiger partial charge in [-0.3, -0.25) is 9.59 Å². The first-order chi connectivity index (χ1) is 11.5. The molecule has 2 aromatic carbocycles. The second-order valence-corrected chi connectivity index (χ2v) is 5.91. The van der Waals surface area contributed by atoms with Crippen molar-refractivity contribution in [1.82, 2.24) is 10.6 Å². The predicted octanol–water partition coefficient (Wildman–Crippen LogP) is 3.38. The highest BCUT2D eigenvalue weighted by Gasteiger charge is 2.18. The van der Waals surface area contributed by atoms with E-state index in [1.807, 2.05) is 32.9 Å². The number of ketones is 1. The molecule has 0 spiro atoms. The molecular weight excluding hydrogens is 336 g/mol. The van der Waals surface area contributed by atoms with Gasteiger partial charge in [0.05, 0.1) is 5.56 Å². The Morgan fingerprint density at radius 2 is 1.60 bits per heavy atom. The van der Waals surface area contributed by atoms with Crippen LogP contribution in [-0.2, 0) is 0 Å². The smallest absolute Gasteiger partial charge is 0.252 e. The Morgan fingerprint density at radius 3 is 2.20 bits per heavy atom. The van der Waals surface area contributed by atoms with Crippen molar-refractivity contribution in [3.05, 3.63) is 70.8 Å². The first kappa shape index (κ1) is 20.9. The third kappa shape index (κ3) is 5.69. The van der Waals surface area contributed by atoms with Crippen molar-refractivity contribution in [2.45, 2.75) is 26.8 Å². The van der Waals surface area contributed by atoms with Crippen LogP contribution in [0, 0.1) is 6.92 Å². The molecule has 0 radical (unpaired) electrons. The van der Waals surface area contributed by atoms with Crippen molar-refractivity contribution in [1.29, 1.82) is 0 Å². The zero-order valence-electron chi connectivity index (χ0n) is 14.8. The number of rotatable bonds is 7. The summed E-state index contributed by atoms with van der Waals surface area (Å²) in [5.74, 6) is -0.365. The van der Waals surface area contributed by atoms with Crippen molar-refractivity contribution >= 4 is 24.1 Å². The minimum Gasteiger partial charge on any atom is -0.350 e. The maximum Gasteiger partial charge on any atom is 0.252 e. The lowest BCUT2D eigenvalue weighted by molar-refractivity contribution is 0.0939. The molecule has 1 atom stereocenters. The zero-order chi connectivity index (χ0) is 17.5. The molecule has 0 heterocycles. The molecule has 0 saturated heterocycles. The van der Waals surface area contributed by atoms with Gasteiger partial charge in [0.15, 0.2) is 5.78 Å². The van der Waals surface area contributed by atoms with E-state index in [1.165, 1.54) is 0 Å². The second-order valence-electron chi connectivity index (χ2n) is 5.91. The van der Waals surface area contributed by atoms with Crippen LogP contribution >= 0.6 is 12.4 Å². The van der Waals surface area contributed by atoms with Gasteiger partial charge in [-0.25, -0.2) is 0 Å². The summed E-state index contributed by atoms with van der Waals surface area (Å²) < 4.78 is 0. The fourth-order valence-electron chi connectivity index (χ4n) is 2.50. The quantitative estimate of drug-likeness (QED) is 0.744. The van der Waals surface area contributed by atoms with Gasteiger partial charge in [0.2, 0.25) is 0 Å². The number of nitrogens with one attached hydrogen (secondary N) is 2. The molecule has 4 nitrogen and oxygen atoms in total. The van der Waals surface area contributed by atoms with Crippen molar-refractivity contribution < 1.29 is 9.59 Å². The Kier molecular flexibility index (Phi) is 8.32. The van der Waals surface area contributed by atoms with E-state index >= 15 is 0 Å². The van der Waals surface area contributed by atoms with Crippen molar-refractivity contribution in [2.75, 3.05) is 13.1 Å². The summed E-state index contributed by atoms with van der Waals surface area (Å²) in [4.78, 5) is 25.2. The van der Waals surface area contributed by atoms with Gasteiger partial charge >= 0.3 is 0 Å². The van der Waals surface area contributed by atoms with E-state index in [1.54, 1.807) is 36.4 Å². The molecule has 2 N–H and O–H groups in total. The summed E-state index contributed by atoms with van der Waals surface area (Å²) in [6.07, 6.45) is 0. The van der Waals surface area contributed by atoms with Gasteiger partial charge in [0.25, 0.3) is 5.91 Å². The van der Waals surface area contributed by atoms with E-state index in [4.69, 9.17) is 0 Å². The number of carbonyl (C=O) groups is 2. The first-order valence-corrected chi connectivity index (χ1v) is 8.25. The number of hydrogen-bond donors (Lipinski definition) is 2. The summed E-state index contributed by atoms with van der Waals surface area (Å²) in [6, 6.07) is 14.5. The van der Waals surface area contributed by atoms with E-state index in [9.17, 15) is 9.59 Å². The lowest BCUT2D eigenvalue weighted by Gasteiger charge is -2.14. The van der Waals surface area contributed by atoms with Crippen LogP contribution in [0.25, 0.3) is 0 Å². The molecule has 2 rings (SSSR count). The molecule has 2 aromatic rings. The Balaban J connectivity index is 0.00000312. The zero-order valence-corrected chi connectivity index (χ0v) is 15.7. The van der Waals surface area contributed by atoms with E-state index in [0.717, 1.165) is 12.1 Å². The average molecular weight is 361 g/mol. The third-order valence-corrected chi connectivity index (χ3v) is 3.85. The Morgan fingerprint density at radius 1 is 1.00 bits per heavy atom. The highest BCUT2D eigenvalue weighted by Crippen LogP contribution is 2.15. The molecule has 25 heavy (non-hydrogen) atoms. The highest BCUT2D eigenvalue weighted by atomic mass is 35.5. The minimum absolute atomic E-state index is 0. The molecule has 0 aromatic heterocycles. The summed E-state index contributed by atoms with van der Waals surface area (Å²) in [7, 11) is 0. The van der Waals surface area contributed by atoms with Gasteiger partial charge in [-0.15, -0.1) is 12.4 Å². The van der Waals surface area contributed by atoms with Gasteiger partial charge in [-0.2, -0.15) is 0 Å². The van der Waals surface area contributed by atoms with E-state index in [0.29, 0.717) is 23.2 Å². The SMILES string of the molecule is CCN[C@H](C)CNC(=O)c1ccccc1C(=O)c1ccc(C)cc1.Cl. The first-order valence-electron chi connectivity index (χ1n) is 8.25.